The maximum absolute atomic E-state index is 12.1. The van der Waals surface area contributed by atoms with Crippen molar-refractivity contribution < 1.29 is 9.59 Å². The molecule has 18 heavy (non-hydrogen) atoms. The van der Waals surface area contributed by atoms with E-state index in [1.807, 2.05) is 31.1 Å². The van der Waals surface area contributed by atoms with Gasteiger partial charge in [0.25, 0.3) is 0 Å². The minimum Gasteiger partial charge on any atom is -0.299 e. The van der Waals surface area contributed by atoms with E-state index in [-0.39, 0.29) is 30.2 Å². The Labute approximate surface area is 108 Å². The van der Waals surface area contributed by atoms with E-state index in [1.165, 1.54) is 4.90 Å². The zero-order valence-electron chi connectivity index (χ0n) is 10.8. The highest BCUT2D eigenvalue weighted by Gasteiger charge is 2.46. The van der Waals surface area contributed by atoms with Crippen LogP contribution in [-0.4, -0.2) is 48.8 Å². The first-order chi connectivity index (χ1) is 8.61. The molecule has 1 fully saturated rings. The summed E-state index contributed by atoms with van der Waals surface area (Å²) in [7, 11) is 3.86. The molecule has 0 spiro atoms. The van der Waals surface area contributed by atoms with Crippen LogP contribution in [0.1, 0.15) is 12.8 Å². The molecule has 2 amide bonds. The lowest BCUT2D eigenvalue weighted by Crippen LogP contribution is -2.31. The summed E-state index contributed by atoms with van der Waals surface area (Å²) >= 11 is 0. The van der Waals surface area contributed by atoms with Crippen molar-refractivity contribution in [3.8, 4) is 11.8 Å². The fraction of sp³-hybridized carbons (Fsp3) is 0.571. The van der Waals surface area contributed by atoms with Crippen LogP contribution in [0, 0.1) is 23.7 Å². The number of carbonyl (C=O) groups is 2. The first-order valence-corrected chi connectivity index (χ1v) is 6.22. The molecule has 0 radical (unpaired) electrons. The van der Waals surface area contributed by atoms with Crippen molar-refractivity contribution in [2.45, 2.75) is 12.8 Å². The Morgan fingerprint density at radius 1 is 1.17 bits per heavy atom. The van der Waals surface area contributed by atoms with E-state index in [0.717, 1.165) is 0 Å². The Morgan fingerprint density at radius 2 is 1.72 bits per heavy atom. The Kier molecular flexibility index (Phi) is 3.83. The zero-order chi connectivity index (χ0) is 13.1. The largest absolute Gasteiger partial charge is 0.299 e. The van der Waals surface area contributed by atoms with Crippen LogP contribution < -0.4 is 0 Å². The van der Waals surface area contributed by atoms with Gasteiger partial charge in [-0.2, -0.15) is 0 Å². The van der Waals surface area contributed by atoms with Crippen LogP contribution in [0.3, 0.4) is 0 Å². The summed E-state index contributed by atoms with van der Waals surface area (Å²) in [6, 6.07) is 0. The second-order valence-electron chi connectivity index (χ2n) is 5.01. The average molecular weight is 246 g/mol. The molecule has 0 aromatic rings. The van der Waals surface area contributed by atoms with E-state index >= 15 is 0 Å². The number of imide groups is 1. The summed E-state index contributed by atoms with van der Waals surface area (Å²) in [5, 5.41) is 0. The number of amides is 2. The average Bonchev–Trinajstić information content (AvgIpc) is 2.59. The topological polar surface area (TPSA) is 40.6 Å². The Balaban J connectivity index is 1.99. The summed E-state index contributed by atoms with van der Waals surface area (Å²) in [5.74, 6) is 5.47. The molecule has 2 aliphatic rings. The normalized spacial score (nSPS) is 26.3. The molecule has 4 heteroatoms. The van der Waals surface area contributed by atoms with Gasteiger partial charge in [-0.3, -0.25) is 19.4 Å². The molecule has 1 heterocycles. The molecule has 0 bridgehead atoms. The van der Waals surface area contributed by atoms with Gasteiger partial charge in [0.1, 0.15) is 0 Å². The van der Waals surface area contributed by atoms with Crippen LogP contribution in [0.4, 0.5) is 0 Å². The first-order valence-electron chi connectivity index (χ1n) is 6.22. The summed E-state index contributed by atoms with van der Waals surface area (Å²) in [6.07, 6.45) is 5.37. The predicted octanol–water partition coefficient (Wildman–Crippen LogP) is 0.503. The van der Waals surface area contributed by atoms with Crippen LogP contribution in [0.5, 0.6) is 0 Å². The number of allylic oxidation sites excluding steroid dienone is 2. The van der Waals surface area contributed by atoms with Crippen molar-refractivity contribution in [1.82, 2.24) is 9.80 Å². The van der Waals surface area contributed by atoms with E-state index in [2.05, 4.69) is 11.8 Å². The molecule has 2 atom stereocenters. The van der Waals surface area contributed by atoms with Crippen molar-refractivity contribution in [2.24, 2.45) is 11.8 Å². The van der Waals surface area contributed by atoms with Crippen molar-refractivity contribution in [2.75, 3.05) is 27.2 Å². The summed E-state index contributed by atoms with van der Waals surface area (Å²) in [5.41, 5.74) is 0. The van der Waals surface area contributed by atoms with E-state index in [1.54, 1.807) is 0 Å². The number of rotatable bonds is 2. The number of nitrogens with zero attached hydrogens (tertiary/aromatic N) is 2. The molecular weight excluding hydrogens is 228 g/mol. The Bertz CT molecular complexity index is 416. The summed E-state index contributed by atoms with van der Waals surface area (Å²) in [4.78, 5) is 27.4. The molecule has 1 aliphatic heterocycles. The van der Waals surface area contributed by atoms with Crippen LogP contribution >= 0.6 is 0 Å². The third kappa shape index (κ3) is 2.46. The molecule has 1 saturated heterocycles. The summed E-state index contributed by atoms with van der Waals surface area (Å²) in [6.45, 7) is 0.878. The third-order valence-corrected chi connectivity index (χ3v) is 3.36. The van der Waals surface area contributed by atoms with Crippen molar-refractivity contribution in [3.63, 3.8) is 0 Å². The van der Waals surface area contributed by atoms with Crippen LogP contribution in [0.25, 0.3) is 0 Å². The van der Waals surface area contributed by atoms with Gasteiger partial charge < -0.3 is 0 Å². The van der Waals surface area contributed by atoms with E-state index in [9.17, 15) is 9.59 Å². The van der Waals surface area contributed by atoms with Gasteiger partial charge in [-0.25, -0.2) is 0 Å². The standard InChI is InChI=1S/C14H18N2O2/c1-15(2)9-5-6-10-16-13(17)11-7-3-4-8-12(11)14(16)18/h3-4,11-12H,7-10H2,1-2H3/t11-,12+. The lowest BCUT2D eigenvalue weighted by Gasteiger charge is -2.14. The van der Waals surface area contributed by atoms with Crippen molar-refractivity contribution in [1.29, 1.82) is 0 Å². The highest BCUT2D eigenvalue weighted by molar-refractivity contribution is 6.05. The number of fused-ring (bicyclic) bond motifs is 1. The molecule has 1 aliphatic carbocycles. The van der Waals surface area contributed by atoms with Gasteiger partial charge >= 0.3 is 0 Å². The van der Waals surface area contributed by atoms with E-state index in [0.29, 0.717) is 19.4 Å². The van der Waals surface area contributed by atoms with Gasteiger partial charge in [0.15, 0.2) is 0 Å². The quantitative estimate of drug-likeness (QED) is 0.405. The molecule has 4 nitrogen and oxygen atoms in total. The number of carbonyl (C=O) groups excluding carboxylic acids is 2. The summed E-state index contributed by atoms with van der Waals surface area (Å²) < 4.78 is 0. The first kappa shape index (κ1) is 12.8. The van der Waals surface area contributed by atoms with Crippen LogP contribution in [0.2, 0.25) is 0 Å². The Hall–Kier alpha value is -1.60. The zero-order valence-corrected chi connectivity index (χ0v) is 10.8. The minimum absolute atomic E-state index is 0.0477. The molecule has 0 unspecified atom stereocenters. The second-order valence-corrected chi connectivity index (χ2v) is 5.01. The number of likely N-dealkylation sites (tertiary alicyclic amines) is 1. The van der Waals surface area contributed by atoms with Crippen molar-refractivity contribution in [3.05, 3.63) is 12.2 Å². The second kappa shape index (κ2) is 5.36. The fourth-order valence-electron chi connectivity index (χ4n) is 2.37. The minimum atomic E-state index is -0.141. The molecule has 0 aromatic heterocycles. The van der Waals surface area contributed by atoms with E-state index in [4.69, 9.17) is 0 Å². The predicted molar refractivity (Wildman–Crippen MR) is 68.4 cm³/mol. The van der Waals surface area contributed by atoms with Crippen LogP contribution in [-0.2, 0) is 9.59 Å². The number of hydrogen-bond acceptors (Lipinski definition) is 3. The molecule has 0 saturated carbocycles. The maximum atomic E-state index is 12.1. The van der Waals surface area contributed by atoms with Gasteiger partial charge in [-0.1, -0.05) is 24.0 Å². The van der Waals surface area contributed by atoms with Gasteiger partial charge in [-0.05, 0) is 26.9 Å². The Morgan fingerprint density at radius 3 is 2.22 bits per heavy atom. The van der Waals surface area contributed by atoms with E-state index < -0.39 is 0 Å². The van der Waals surface area contributed by atoms with Gasteiger partial charge in [0.2, 0.25) is 11.8 Å². The van der Waals surface area contributed by atoms with Crippen molar-refractivity contribution >= 4 is 11.8 Å². The molecule has 96 valence electrons. The number of hydrogen-bond donors (Lipinski definition) is 0. The SMILES string of the molecule is CN(C)CC#CCN1C(=O)[C@H]2CC=CC[C@H]2C1=O. The highest BCUT2D eigenvalue weighted by Crippen LogP contribution is 2.34. The van der Waals surface area contributed by atoms with Gasteiger partial charge in [0, 0.05) is 0 Å². The molecule has 0 aromatic carbocycles. The lowest BCUT2D eigenvalue weighted by atomic mass is 9.85. The highest BCUT2D eigenvalue weighted by atomic mass is 16.2. The van der Waals surface area contributed by atoms with Crippen LogP contribution in [0.15, 0.2) is 12.2 Å². The fourth-order valence-corrected chi connectivity index (χ4v) is 2.37. The molecule has 2 rings (SSSR count). The smallest absolute Gasteiger partial charge is 0.234 e. The third-order valence-electron chi connectivity index (χ3n) is 3.36. The monoisotopic (exact) mass is 246 g/mol. The lowest BCUT2D eigenvalue weighted by molar-refractivity contribution is -0.139. The molecule has 0 N–H and O–H groups in total. The van der Waals surface area contributed by atoms with Gasteiger partial charge in [-0.15, -0.1) is 0 Å². The molecular formula is C14H18N2O2. The van der Waals surface area contributed by atoms with Gasteiger partial charge in [0.05, 0.1) is 24.9 Å². The maximum Gasteiger partial charge on any atom is 0.234 e.